The highest BCUT2D eigenvalue weighted by Gasteiger charge is 2.19. The largest absolute Gasteiger partial charge is 0.352 e. The quantitative estimate of drug-likeness (QED) is 0.849. The summed E-state index contributed by atoms with van der Waals surface area (Å²) < 4.78 is 29.2. The molecule has 0 radical (unpaired) electrons. The maximum absolute atomic E-state index is 12.4. The van der Waals surface area contributed by atoms with Gasteiger partial charge in [0.05, 0.1) is 5.69 Å². The first kappa shape index (κ1) is 16.0. The second-order valence-electron chi connectivity index (χ2n) is 4.79. The highest BCUT2D eigenvalue weighted by molar-refractivity contribution is 7.93. The van der Waals surface area contributed by atoms with Crippen LogP contribution in [-0.4, -0.2) is 25.0 Å². The van der Waals surface area contributed by atoms with Gasteiger partial charge in [0, 0.05) is 30.4 Å². The van der Waals surface area contributed by atoms with E-state index < -0.39 is 10.0 Å². The van der Waals surface area contributed by atoms with E-state index in [1.54, 1.807) is 16.8 Å². The number of hydrogen-bond donors (Lipinski definition) is 2. The summed E-state index contributed by atoms with van der Waals surface area (Å²) in [5.74, 6) is 0. The highest BCUT2D eigenvalue weighted by atomic mass is 32.2. The number of thiazole rings is 1. The Morgan fingerprint density at radius 2 is 2.14 bits per heavy atom. The van der Waals surface area contributed by atoms with Crippen molar-refractivity contribution in [3.63, 3.8) is 0 Å². The standard InChI is InChI=1S/C13H20N4O2S2/c1-5-12-9(2)20-13(15-12)16-21(18,19)11-6-10(7-14-3)17(4)8-11/h6,8,14H,5,7H2,1-4H3,(H,15,16). The van der Waals surface area contributed by atoms with E-state index in [1.807, 2.05) is 27.9 Å². The predicted molar refractivity (Wildman–Crippen MR) is 85.2 cm³/mol. The molecule has 0 aliphatic rings. The van der Waals surface area contributed by atoms with Crippen molar-refractivity contribution in [3.05, 3.63) is 28.5 Å². The van der Waals surface area contributed by atoms with Crippen LogP contribution in [0.3, 0.4) is 0 Å². The number of rotatable bonds is 6. The number of hydrogen-bond acceptors (Lipinski definition) is 5. The molecule has 0 aliphatic heterocycles. The molecule has 0 saturated heterocycles. The maximum Gasteiger partial charge on any atom is 0.265 e. The van der Waals surface area contributed by atoms with Crippen molar-refractivity contribution < 1.29 is 8.42 Å². The zero-order valence-electron chi connectivity index (χ0n) is 12.6. The van der Waals surface area contributed by atoms with Gasteiger partial charge in [0.25, 0.3) is 10.0 Å². The van der Waals surface area contributed by atoms with Crippen molar-refractivity contribution in [2.75, 3.05) is 11.8 Å². The second kappa shape index (κ2) is 6.17. The van der Waals surface area contributed by atoms with Gasteiger partial charge in [0.2, 0.25) is 0 Å². The molecule has 2 aromatic heterocycles. The summed E-state index contributed by atoms with van der Waals surface area (Å²) in [7, 11) is 0.0556. The van der Waals surface area contributed by atoms with Crippen molar-refractivity contribution in [3.8, 4) is 0 Å². The maximum atomic E-state index is 12.4. The Labute approximate surface area is 129 Å². The van der Waals surface area contributed by atoms with Gasteiger partial charge in [-0.05, 0) is 26.5 Å². The average Bonchev–Trinajstić information content (AvgIpc) is 2.94. The molecule has 6 nitrogen and oxygen atoms in total. The van der Waals surface area contributed by atoms with Crippen molar-refractivity contribution in [2.45, 2.75) is 31.7 Å². The monoisotopic (exact) mass is 328 g/mol. The fourth-order valence-corrected chi connectivity index (χ4v) is 4.29. The SMILES string of the molecule is CCc1nc(NS(=O)(=O)c2cc(CNC)n(C)c2)sc1C. The number of aryl methyl sites for hydroxylation is 3. The molecule has 116 valence electrons. The molecule has 0 unspecified atom stereocenters. The normalized spacial score (nSPS) is 11.8. The van der Waals surface area contributed by atoms with E-state index in [1.165, 1.54) is 11.3 Å². The lowest BCUT2D eigenvalue weighted by Gasteiger charge is -2.01. The van der Waals surface area contributed by atoms with Crippen LogP contribution in [-0.2, 0) is 30.0 Å². The molecule has 2 rings (SSSR count). The first-order valence-electron chi connectivity index (χ1n) is 6.66. The minimum Gasteiger partial charge on any atom is -0.352 e. The van der Waals surface area contributed by atoms with Crippen LogP contribution in [0, 0.1) is 6.92 Å². The van der Waals surface area contributed by atoms with E-state index in [2.05, 4.69) is 15.0 Å². The minimum atomic E-state index is -3.60. The molecule has 8 heteroatoms. The van der Waals surface area contributed by atoms with Crippen LogP contribution in [0.15, 0.2) is 17.2 Å². The molecule has 0 atom stereocenters. The molecule has 0 bridgehead atoms. The molecule has 0 amide bonds. The van der Waals surface area contributed by atoms with Crippen molar-refractivity contribution >= 4 is 26.5 Å². The average molecular weight is 328 g/mol. The van der Waals surface area contributed by atoms with Crippen molar-refractivity contribution in [2.24, 2.45) is 7.05 Å². The van der Waals surface area contributed by atoms with E-state index in [-0.39, 0.29) is 4.90 Å². The molecule has 0 aliphatic carbocycles. The fraction of sp³-hybridized carbons (Fsp3) is 0.462. The predicted octanol–water partition coefficient (Wildman–Crippen LogP) is 1.87. The molecule has 0 spiro atoms. The molecular weight excluding hydrogens is 308 g/mol. The molecule has 2 heterocycles. The number of nitrogens with zero attached hydrogens (tertiary/aromatic N) is 2. The Morgan fingerprint density at radius 1 is 1.43 bits per heavy atom. The minimum absolute atomic E-state index is 0.251. The summed E-state index contributed by atoms with van der Waals surface area (Å²) in [4.78, 5) is 5.61. The van der Waals surface area contributed by atoms with Crippen LogP contribution in [0.2, 0.25) is 0 Å². The number of aromatic nitrogens is 2. The van der Waals surface area contributed by atoms with Gasteiger partial charge >= 0.3 is 0 Å². The van der Waals surface area contributed by atoms with Gasteiger partial charge in [-0.2, -0.15) is 0 Å². The summed E-state index contributed by atoms with van der Waals surface area (Å²) in [6.45, 7) is 4.56. The van der Waals surface area contributed by atoms with Gasteiger partial charge in [0.1, 0.15) is 4.90 Å². The van der Waals surface area contributed by atoms with Crippen LogP contribution in [0.5, 0.6) is 0 Å². The van der Waals surface area contributed by atoms with Gasteiger partial charge < -0.3 is 9.88 Å². The Kier molecular flexibility index (Phi) is 4.70. The lowest BCUT2D eigenvalue weighted by atomic mass is 10.3. The third-order valence-electron chi connectivity index (χ3n) is 3.20. The number of anilines is 1. The van der Waals surface area contributed by atoms with Crippen LogP contribution < -0.4 is 10.0 Å². The summed E-state index contributed by atoms with van der Waals surface area (Å²) in [5, 5.41) is 3.43. The molecular formula is C13H20N4O2S2. The van der Waals surface area contributed by atoms with Gasteiger partial charge in [-0.15, -0.1) is 11.3 Å². The Balaban J connectivity index is 2.27. The highest BCUT2D eigenvalue weighted by Crippen LogP contribution is 2.25. The molecule has 21 heavy (non-hydrogen) atoms. The first-order chi connectivity index (χ1) is 9.87. The molecule has 0 aromatic carbocycles. The van der Waals surface area contributed by atoms with E-state index in [0.29, 0.717) is 11.7 Å². The van der Waals surface area contributed by atoms with Gasteiger partial charge in [-0.1, -0.05) is 6.92 Å². The number of nitrogens with one attached hydrogen (secondary N) is 2. The van der Waals surface area contributed by atoms with E-state index in [4.69, 9.17) is 0 Å². The third kappa shape index (κ3) is 3.45. The fourth-order valence-electron chi connectivity index (χ4n) is 2.05. The summed E-state index contributed by atoms with van der Waals surface area (Å²) in [6, 6.07) is 1.67. The topological polar surface area (TPSA) is 76.0 Å². The summed E-state index contributed by atoms with van der Waals surface area (Å²) in [6.07, 6.45) is 2.40. The third-order valence-corrected chi connectivity index (χ3v) is 5.56. The lowest BCUT2D eigenvalue weighted by Crippen LogP contribution is -2.12. The van der Waals surface area contributed by atoms with E-state index >= 15 is 0 Å². The zero-order valence-corrected chi connectivity index (χ0v) is 14.2. The Bertz CT molecular complexity index is 731. The summed E-state index contributed by atoms with van der Waals surface area (Å²) in [5.41, 5.74) is 1.84. The van der Waals surface area contributed by atoms with Crippen molar-refractivity contribution in [1.82, 2.24) is 14.9 Å². The van der Waals surface area contributed by atoms with Gasteiger partial charge in [-0.25, -0.2) is 13.4 Å². The van der Waals surface area contributed by atoms with Crippen LogP contribution in [0.25, 0.3) is 0 Å². The lowest BCUT2D eigenvalue weighted by molar-refractivity contribution is 0.601. The Morgan fingerprint density at radius 3 is 2.71 bits per heavy atom. The molecule has 0 fully saturated rings. The van der Waals surface area contributed by atoms with Crippen LogP contribution in [0.4, 0.5) is 5.13 Å². The van der Waals surface area contributed by atoms with Crippen LogP contribution >= 0.6 is 11.3 Å². The van der Waals surface area contributed by atoms with Gasteiger partial charge in [0.15, 0.2) is 5.13 Å². The van der Waals surface area contributed by atoms with Gasteiger partial charge in [-0.3, -0.25) is 4.72 Å². The van der Waals surface area contributed by atoms with Crippen molar-refractivity contribution in [1.29, 1.82) is 0 Å². The van der Waals surface area contributed by atoms with E-state index in [0.717, 1.165) is 22.7 Å². The zero-order chi connectivity index (χ0) is 15.6. The van der Waals surface area contributed by atoms with E-state index in [9.17, 15) is 8.42 Å². The molecule has 0 saturated carbocycles. The summed E-state index contributed by atoms with van der Waals surface area (Å²) >= 11 is 1.36. The smallest absolute Gasteiger partial charge is 0.265 e. The number of sulfonamides is 1. The molecule has 2 N–H and O–H groups in total. The Hall–Kier alpha value is -1.38. The van der Waals surface area contributed by atoms with Crippen LogP contribution in [0.1, 0.15) is 23.2 Å². The second-order valence-corrected chi connectivity index (χ2v) is 7.67. The first-order valence-corrected chi connectivity index (χ1v) is 8.96. The molecule has 2 aromatic rings.